The van der Waals surface area contributed by atoms with Crippen LogP contribution >= 0.6 is 15.9 Å². The Kier molecular flexibility index (Phi) is 3.12. The maximum absolute atomic E-state index is 12.0. The maximum atomic E-state index is 12.0. The number of likely N-dealkylation sites (tertiary alicyclic amines) is 1. The van der Waals surface area contributed by atoms with E-state index in [1.165, 1.54) is 0 Å². The van der Waals surface area contributed by atoms with Gasteiger partial charge in [0.1, 0.15) is 0 Å². The molecule has 2 fully saturated rings. The van der Waals surface area contributed by atoms with Gasteiger partial charge in [-0.2, -0.15) is 0 Å². The minimum Gasteiger partial charge on any atom is -0.378 e. The Hall–Kier alpha value is -0.0900. The lowest BCUT2D eigenvalue weighted by Crippen LogP contribution is -2.34. The van der Waals surface area contributed by atoms with E-state index >= 15 is 0 Å². The summed E-state index contributed by atoms with van der Waals surface area (Å²) in [5.74, 6) is 0.402. The van der Waals surface area contributed by atoms with Crippen LogP contribution in [-0.4, -0.2) is 41.4 Å². The first kappa shape index (κ1) is 10.4. The van der Waals surface area contributed by atoms with Crippen LogP contribution in [0.5, 0.6) is 0 Å². The molecule has 14 heavy (non-hydrogen) atoms. The average molecular weight is 262 g/mol. The van der Waals surface area contributed by atoms with Gasteiger partial charge >= 0.3 is 0 Å². The Morgan fingerprint density at radius 1 is 1.57 bits per heavy atom. The zero-order chi connectivity index (χ0) is 10.1. The molecule has 3 unspecified atom stereocenters. The number of carbonyl (C=O) groups excluding carboxylic acids is 1. The molecular weight excluding hydrogens is 246 g/mol. The first-order chi connectivity index (χ1) is 6.66. The Morgan fingerprint density at radius 3 is 2.86 bits per heavy atom. The molecule has 2 aliphatic heterocycles. The third-order valence-corrected chi connectivity index (χ3v) is 3.74. The smallest absolute Gasteiger partial charge is 0.228 e. The highest BCUT2D eigenvalue weighted by Gasteiger charge is 2.34. The second-order valence-electron chi connectivity index (χ2n) is 4.25. The zero-order valence-corrected chi connectivity index (χ0v) is 10.00. The van der Waals surface area contributed by atoms with Crippen molar-refractivity contribution in [2.24, 2.45) is 5.92 Å². The fourth-order valence-electron chi connectivity index (χ4n) is 2.17. The van der Waals surface area contributed by atoms with Gasteiger partial charge in [0.25, 0.3) is 0 Å². The van der Waals surface area contributed by atoms with Crippen molar-refractivity contribution in [2.45, 2.75) is 30.7 Å². The molecule has 0 aromatic rings. The van der Waals surface area contributed by atoms with Gasteiger partial charge in [-0.25, -0.2) is 0 Å². The molecule has 4 heteroatoms. The van der Waals surface area contributed by atoms with Gasteiger partial charge < -0.3 is 9.64 Å². The Balaban J connectivity index is 1.89. The summed E-state index contributed by atoms with van der Waals surface area (Å²) in [4.78, 5) is 14.4. The van der Waals surface area contributed by atoms with Crippen LogP contribution in [-0.2, 0) is 9.53 Å². The van der Waals surface area contributed by atoms with E-state index in [2.05, 4.69) is 15.9 Å². The molecular formula is C10H16BrNO2. The number of carbonyl (C=O) groups is 1. The van der Waals surface area contributed by atoms with Crippen molar-refractivity contribution in [2.75, 3.05) is 19.7 Å². The lowest BCUT2D eigenvalue weighted by molar-refractivity contribution is -0.134. The molecule has 3 nitrogen and oxygen atoms in total. The van der Waals surface area contributed by atoms with Gasteiger partial charge in [-0.3, -0.25) is 4.79 Å². The number of halogens is 1. The maximum Gasteiger partial charge on any atom is 0.228 e. The molecule has 2 heterocycles. The molecule has 0 N–H and O–H groups in total. The molecule has 2 saturated heterocycles. The largest absolute Gasteiger partial charge is 0.378 e. The molecule has 0 aromatic heterocycles. The third kappa shape index (κ3) is 2.11. The van der Waals surface area contributed by atoms with Crippen LogP contribution in [0.25, 0.3) is 0 Å². The normalized spacial score (nSPS) is 37.9. The van der Waals surface area contributed by atoms with E-state index < -0.39 is 0 Å². The second kappa shape index (κ2) is 4.19. The van der Waals surface area contributed by atoms with Crippen LogP contribution in [0.4, 0.5) is 0 Å². The van der Waals surface area contributed by atoms with E-state index in [0.29, 0.717) is 11.4 Å². The predicted molar refractivity (Wildman–Crippen MR) is 57.4 cm³/mol. The SMILES string of the molecule is CC1CC(C(=O)N2CCC(Br)C2)CO1. The third-order valence-electron chi connectivity index (χ3n) is 2.99. The van der Waals surface area contributed by atoms with E-state index in [0.717, 1.165) is 25.9 Å². The van der Waals surface area contributed by atoms with Crippen LogP contribution in [0.3, 0.4) is 0 Å². The molecule has 0 radical (unpaired) electrons. The number of hydrogen-bond donors (Lipinski definition) is 0. The van der Waals surface area contributed by atoms with Crippen molar-refractivity contribution < 1.29 is 9.53 Å². The first-order valence-electron chi connectivity index (χ1n) is 5.21. The lowest BCUT2D eigenvalue weighted by Gasteiger charge is -2.18. The average Bonchev–Trinajstić information content (AvgIpc) is 2.73. The number of rotatable bonds is 1. The topological polar surface area (TPSA) is 29.5 Å². The lowest BCUT2D eigenvalue weighted by atomic mass is 10.1. The number of amides is 1. The predicted octanol–water partition coefficient (Wildman–Crippen LogP) is 1.41. The van der Waals surface area contributed by atoms with Gasteiger partial charge in [0.15, 0.2) is 0 Å². The highest BCUT2D eigenvalue weighted by Crippen LogP contribution is 2.24. The summed E-state index contributed by atoms with van der Waals surface area (Å²) in [5.41, 5.74) is 0. The minimum atomic E-state index is 0.114. The number of hydrogen-bond acceptors (Lipinski definition) is 2. The summed E-state index contributed by atoms with van der Waals surface area (Å²) in [6, 6.07) is 0. The standard InChI is InChI=1S/C10H16BrNO2/c1-7-4-8(6-14-7)10(13)12-3-2-9(11)5-12/h7-9H,2-6H2,1H3. The van der Waals surface area contributed by atoms with Gasteiger partial charge in [-0.1, -0.05) is 15.9 Å². The number of nitrogens with zero attached hydrogens (tertiary/aromatic N) is 1. The van der Waals surface area contributed by atoms with E-state index in [1.54, 1.807) is 0 Å². The summed E-state index contributed by atoms with van der Waals surface area (Å²) in [6.45, 7) is 4.41. The summed E-state index contributed by atoms with van der Waals surface area (Å²) in [5, 5.41) is 0. The molecule has 1 amide bonds. The molecule has 2 rings (SSSR count). The van der Waals surface area contributed by atoms with Gasteiger partial charge in [0, 0.05) is 17.9 Å². The molecule has 0 spiro atoms. The van der Waals surface area contributed by atoms with E-state index in [4.69, 9.17) is 4.74 Å². The Labute approximate surface area is 92.9 Å². The first-order valence-corrected chi connectivity index (χ1v) is 6.13. The van der Waals surface area contributed by atoms with E-state index in [-0.39, 0.29) is 17.9 Å². The second-order valence-corrected chi connectivity index (χ2v) is 5.54. The van der Waals surface area contributed by atoms with Gasteiger partial charge in [-0.05, 0) is 19.8 Å². The highest BCUT2D eigenvalue weighted by molar-refractivity contribution is 9.09. The quantitative estimate of drug-likeness (QED) is 0.669. The number of alkyl halides is 1. The summed E-state index contributed by atoms with van der Waals surface area (Å²) < 4.78 is 5.41. The summed E-state index contributed by atoms with van der Waals surface area (Å²) in [7, 11) is 0. The van der Waals surface area contributed by atoms with Crippen molar-refractivity contribution in [3.05, 3.63) is 0 Å². The van der Waals surface area contributed by atoms with Crippen LogP contribution in [0.15, 0.2) is 0 Å². The molecule has 0 aliphatic carbocycles. The van der Waals surface area contributed by atoms with Crippen molar-refractivity contribution in [1.29, 1.82) is 0 Å². The van der Waals surface area contributed by atoms with Crippen molar-refractivity contribution in [1.82, 2.24) is 4.90 Å². The fourth-order valence-corrected chi connectivity index (χ4v) is 2.72. The Morgan fingerprint density at radius 2 is 2.36 bits per heavy atom. The molecule has 0 bridgehead atoms. The van der Waals surface area contributed by atoms with Crippen molar-refractivity contribution in [3.8, 4) is 0 Å². The Bertz CT molecular complexity index is 212. The van der Waals surface area contributed by atoms with Gasteiger partial charge in [0.2, 0.25) is 5.91 Å². The summed E-state index contributed by atoms with van der Waals surface area (Å²) >= 11 is 3.54. The van der Waals surface area contributed by atoms with Crippen molar-refractivity contribution in [3.63, 3.8) is 0 Å². The van der Waals surface area contributed by atoms with Crippen molar-refractivity contribution >= 4 is 21.8 Å². The van der Waals surface area contributed by atoms with E-state index in [1.807, 2.05) is 11.8 Å². The molecule has 80 valence electrons. The molecule has 3 atom stereocenters. The van der Waals surface area contributed by atoms with Gasteiger partial charge in [0.05, 0.1) is 18.6 Å². The minimum absolute atomic E-state index is 0.114. The fraction of sp³-hybridized carbons (Fsp3) is 0.900. The summed E-state index contributed by atoms with van der Waals surface area (Å²) in [6.07, 6.45) is 2.23. The highest BCUT2D eigenvalue weighted by atomic mass is 79.9. The monoisotopic (exact) mass is 261 g/mol. The number of ether oxygens (including phenoxy) is 1. The molecule has 0 saturated carbocycles. The van der Waals surface area contributed by atoms with E-state index in [9.17, 15) is 4.79 Å². The van der Waals surface area contributed by atoms with Crippen LogP contribution < -0.4 is 0 Å². The van der Waals surface area contributed by atoms with Crippen LogP contribution in [0, 0.1) is 5.92 Å². The van der Waals surface area contributed by atoms with Crippen LogP contribution in [0.2, 0.25) is 0 Å². The zero-order valence-electron chi connectivity index (χ0n) is 8.41. The van der Waals surface area contributed by atoms with Gasteiger partial charge in [-0.15, -0.1) is 0 Å². The van der Waals surface area contributed by atoms with Crippen LogP contribution in [0.1, 0.15) is 19.8 Å². The molecule has 0 aromatic carbocycles. The molecule has 2 aliphatic rings.